The van der Waals surface area contributed by atoms with Gasteiger partial charge in [0.15, 0.2) is 5.78 Å². The summed E-state index contributed by atoms with van der Waals surface area (Å²) in [6, 6.07) is 11.3. The molecule has 2 aromatic rings. The summed E-state index contributed by atoms with van der Waals surface area (Å²) in [5, 5.41) is 21.1. The first-order valence-corrected chi connectivity index (χ1v) is 6.40. The second-order valence-corrected chi connectivity index (χ2v) is 4.28. The molecule has 0 saturated carbocycles. The highest BCUT2D eigenvalue weighted by Gasteiger charge is 2.07. The predicted octanol–water partition coefficient (Wildman–Crippen LogP) is 5.06. The van der Waals surface area contributed by atoms with E-state index in [4.69, 9.17) is 5.53 Å². The minimum absolute atomic E-state index is 0.0489. The third-order valence-electron chi connectivity index (χ3n) is 2.89. The molecule has 0 unspecified atom stereocenters. The maximum atomic E-state index is 11.5. The smallest absolute Gasteiger partial charge is 0.162 e. The lowest BCUT2D eigenvalue weighted by atomic mass is 10.1. The number of azo groups is 1. The Morgan fingerprint density at radius 1 is 1.10 bits per heavy atom. The molecular formula is C15H14N4O2. The summed E-state index contributed by atoms with van der Waals surface area (Å²) in [5.41, 5.74) is 8.55. The number of phenolic OH excluding ortho intramolecular Hbond substituents is 1. The monoisotopic (exact) mass is 282 g/mol. The Kier molecular flexibility index (Phi) is 4.50. The Labute approximate surface area is 121 Å². The number of nitrogens with one attached hydrogen (secondary N) is 1. The number of benzene rings is 2. The highest BCUT2D eigenvalue weighted by Crippen LogP contribution is 2.32. The molecule has 0 spiro atoms. The Hall–Kier alpha value is -2.89. The van der Waals surface area contributed by atoms with Gasteiger partial charge in [0.05, 0.1) is 0 Å². The van der Waals surface area contributed by atoms with Crippen LogP contribution < -0.4 is 0 Å². The number of hydrogen-bond donors (Lipinski definition) is 2. The molecule has 2 N–H and O–H groups in total. The van der Waals surface area contributed by atoms with Crippen LogP contribution in [0.4, 0.5) is 17.1 Å². The molecular weight excluding hydrogens is 268 g/mol. The topological polar surface area (TPSA) is 98.2 Å². The van der Waals surface area contributed by atoms with Gasteiger partial charge in [0, 0.05) is 12.0 Å². The predicted molar refractivity (Wildman–Crippen MR) is 78.2 cm³/mol. The van der Waals surface area contributed by atoms with E-state index in [9.17, 15) is 9.90 Å². The average Bonchev–Trinajstić information content (AvgIpc) is 2.53. The summed E-state index contributed by atoms with van der Waals surface area (Å²) in [6.45, 7) is 1.76. The highest BCUT2D eigenvalue weighted by molar-refractivity contribution is 5.96. The SMILES string of the molecule is CCC(=O)c1ccc(N=Nc2ccccc2N=N)c(O)c1. The lowest BCUT2D eigenvalue weighted by Crippen LogP contribution is -1.95. The summed E-state index contributed by atoms with van der Waals surface area (Å²) in [5.74, 6) is -0.162. The number of rotatable bonds is 5. The van der Waals surface area contributed by atoms with Crippen molar-refractivity contribution in [2.45, 2.75) is 13.3 Å². The van der Waals surface area contributed by atoms with Gasteiger partial charge in [-0.15, -0.1) is 10.2 Å². The van der Waals surface area contributed by atoms with Crippen molar-refractivity contribution in [3.63, 3.8) is 0 Å². The van der Waals surface area contributed by atoms with E-state index in [1.807, 2.05) is 0 Å². The molecule has 2 aromatic carbocycles. The number of hydrogen-bond acceptors (Lipinski definition) is 6. The normalized spacial score (nSPS) is 10.7. The largest absolute Gasteiger partial charge is 0.506 e. The highest BCUT2D eigenvalue weighted by atomic mass is 16.3. The summed E-state index contributed by atoms with van der Waals surface area (Å²) in [6.07, 6.45) is 0.374. The molecule has 21 heavy (non-hydrogen) atoms. The van der Waals surface area contributed by atoms with E-state index in [2.05, 4.69) is 15.3 Å². The van der Waals surface area contributed by atoms with Crippen LogP contribution >= 0.6 is 0 Å². The van der Waals surface area contributed by atoms with Gasteiger partial charge in [-0.05, 0) is 30.3 Å². The van der Waals surface area contributed by atoms with Gasteiger partial charge < -0.3 is 5.11 Å². The minimum atomic E-state index is -0.113. The Balaban J connectivity index is 2.29. The second-order valence-electron chi connectivity index (χ2n) is 4.28. The molecule has 0 fully saturated rings. The summed E-state index contributed by atoms with van der Waals surface area (Å²) < 4.78 is 0. The molecule has 0 aliphatic heterocycles. The van der Waals surface area contributed by atoms with Gasteiger partial charge in [-0.2, -0.15) is 5.11 Å². The standard InChI is InChI=1S/C15H14N4O2/c1-2-14(20)10-7-8-13(15(21)9-10)19-18-12-6-4-3-5-11(12)17-16/h3-9,16,21H,2H2,1H3. The number of phenols is 1. The van der Waals surface area contributed by atoms with E-state index >= 15 is 0 Å². The third kappa shape index (κ3) is 3.36. The zero-order valence-corrected chi connectivity index (χ0v) is 11.4. The number of carbonyl (C=O) groups is 1. The Morgan fingerprint density at radius 3 is 2.38 bits per heavy atom. The van der Waals surface area contributed by atoms with Crippen molar-refractivity contribution >= 4 is 22.8 Å². The second kappa shape index (κ2) is 6.51. The van der Waals surface area contributed by atoms with E-state index in [0.717, 1.165) is 0 Å². The van der Waals surface area contributed by atoms with E-state index in [1.165, 1.54) is 12.1 Å². The zero-order valence-electron chi connectivity index (χ0n) is 11.4. The van der Waals surface area contributed by atoms with Crippen molar-refractivity contribution in [2.24, 2.45) is 15.3 Å². The van der Waals surface area contributed by atoms with Crippen LogP contribution in [0, 0.1) is 5.53 Å². The first-order chi connectivity index (χ1) is 10.2. The van der Waals surface area contributed by atoms with Gasteiger partial charge in [0.25, 0.3) is 0 Å². The third-order valence-corrected chi connectivity index (χ3v) is 2.89. The fourth-order valence-electron chi connectivity index (χ4n) is 1.74. The van der Waals surface area contributed by atoms with Gasteiger partial charge in [0.1, 0.15) is 22.8 Å². The van der Waals surface area contributed by atoms with Crippen LogP contribution in [-0.2, 0) is 0 Å². The van der Waals surface area contributed by atoms with Crippen molar-refractivity contribution in [1.29, 1.82) is 5.53 Å². The number of aromatic hydroxyl groups is 1. The number of para-hydroxylation sites is 1. The molecule has 0 aromatic heterocycles. The quantitative estimate of drug-likeness (QED) is 0.591. The molecule has 0 aliphatic rings. The van der Waals surface area contributed by atoms with E-state index < -0.39 is 0 Å². The van der Waals surface area contributed by atoms with E-state index in [1.54, 1.807) is 37.3 Å². The first-order valence-electron chi connectivity index (χ1n) is 6.40. The molecule has 0 radical (unpaired) electrons. The number of nitrogens with zero attached hydrogens (tertiary/aromatic N) is 3. The van der Waals surface area contributed by atoms with Gasteiger partial charge >= 0.3 is 0 Å². The molecule has 0 atom stereocenters. The summed E-state index contributed by atoms with van der Waals surface area (Å²) in [7, 11) is 0. The fourth-order valence-corrected chi connectivity index (χ4v) is 1.74. The Bertz CT molecular complexity index is 711. The van der Waals surface area contributed by atoms with Gasteiger partial charge in [-0.25, -0.2) is 5.53 Å². The van der Waals surface area contributed by atoms with Crippen LogP contribution in [0.2, 0.25) is 0 Å². The van der Waals surface area contributed by atoms with E-state index in [0.29, 0.717) is 23.4 Å². The number of carbonyl (C=O) groups excluding carboxylic acids is 1. The molecule has 0 bridgehead atoms. The van der Waals surface area contributed by atoms with Crippen LogP contribution in [0.15, 0.2) is 57.8 Å². The van der Waals surface area contributed by atoms with Crippen molar-refractivity contribution in [2.75, 3.05) is 0 Å². The molecule has 2 rings (SSSR count). The van der Waals surface area contributed by atoms with Gasteiger partial charge in [0.2, 0.25) is 0 Å². The average molecular weight is 282 g/mol. The van der Waals surface area contributed by atoms with Crippen LogP contribution in [-0.4, -0.2) is 10.9 Å². The van der Waals surface area contributed by atoms with Crippen molar-refractivity contribution in [3.8, 4) is 5.75 Å². The van der Waals surface area contributed by atoms with Crippen LogP contribution in [0.1, 0.15) is 23.7 Å². The van der Waals surface area contributed by atoms with Gasteiger partial charge in [-0.1, -0.05) is 19.1 Å². The molecule has 6 heteroatoms. The molecule has 0 saturated heterocycles. The molecule has 0 amide bonds. The zero-order chi connectivity index (χ0) is 15.2. The lowest BCUT2D eigenvalue weighted by Gasteiger charge is -2.02. The number of Topliss-reactive ketones (excluding diaryl/α,β-unsaturated/α-hetero) is 1. The molecule has 6 nitrogen and oxygen atoms in total. The maximum absolute atomic E-state index is 11.5. The van der Waals surface area contributed by atoms with Crippen LogP contribution in [0.3, 0.4) is 0 Å². The summed E-state index contributed by atoms with van der Waals surface area (Å²) in [4.78, 5) is 11.5. The lowest BCUT2D eigenvalue weighted by molar-refractivity contribution is 0.0988. The van der Waals surface area contributed by atoms with Crippen LogP contribution in [0.25, 0.3) is 0 Å². The molecule has 106 valence electrons. The molecule has 0 aliphatic carbocycles. The fraction of sp³-hybridized carbons (Fsp3) is 0.133. The van der Waals surface area contributed by atoms with Crippen molar-refractivity contribution < 1.29 is 9.90 Å². The Morgan fingerprint density at radius 2 is 1.76 bits per heavy atom. The van der Waals surface area contributed by atoms with Gasteiger partial charge in [-0.3, -0.25) is 4.79 Å². The molecule has 0 heterocycles. The van der Waals surface area contributed by atoms with Crippen LogP contribution in [0.5, 0.6) is 5.75 Å². The number of ketones is 1. The van der Waals surface area contributed by atoms with Crippen molar-refractivity contribution in [3.05, 3.63) is 48.0 Å². The summed E-state index contributed by atoms with van der Waals surface area (Å²) >= 11 is 0. The minimum Gasteiger partial charge on any atom is -0.506 e. The maximum Gasteiger partial charge on any atom is 0.162 e. The van der Waals surface area contributed by atoms with E-state index in [-0.39, 0.29) is 17.2 Å². The van der Waals surface area contributed by atoms with Crippen molar-refractivity contribution in [1.82, 2.24) is 0 Å². The first kappa shape index (κ1) is 14.5.